The SMILES string of the molecule is CC1CC(c2nnc(C(C)C)o2)C1. The predicted molar refractivity (Wildman–Crippen MR) is 49.5 cm³/mol. The standard InChI is InChI=1S/C10H16N2O/c1-6(2)9-11-12-10(13-9)8-4-7(3)5-8/h6-8H,4-5H2,1-3H3. The molecule has 0 atom stereocenters. The second-order valence-corrected chi connectivity index (χ2v) is 4.41. The van der Waals surface area contributed by atoms with Crippen LogP contribution in [0.2, 0.25) is 0 Å². The maximum Gasteiger partial charge on any atom is 0.219 e. The molecule has 1 aromatic heterocycles. The quantitative estimate of drug-likeness (QED) is 0.702. The lowest BCUT2D eigenvalue weighted by molar-refractivity contribution is 0.241. The summed E-state index contributed by atoms with van der Waals surface area (Å²) < 4.78 is 5.58. The summed E-state index contributed by atoms with van der Waals surface area (Å²) >= 11 is 0. The fraction of sp³-hybridized carbons (Fsp3) is 0.800. The van der Waals surface area contributed by atoms with Gasteiger partial charge in [0.25, 0.3) is 0 Å². The fourth-order valence-corrected chi connectivity index (χ4v) is 1.75. The van der Waals surface area contributed by atoms with E-state index in [-0.39, 0.29) is 0 Å². The lowest BCUT2D eigenvalue weighted by atomic mass is 9.76. The van der Waals surface area contributed by atoms with Gasteiger partial charge in [-0.2, -0.15) is 0 Å². The normalized spacial score (nSPS) is 27.7. The molecule has 1 fully saturated rings. The van der Waals surface area contributed by atoms with E-state index in [1.54, 1.807) is 0 Å². The summed E-state index contributed by atoms with van der Waals surface area (Å²) in [6.07, 6.45) is 2.42. The van der Waals surface area contributed by atoms with Crippen molar-refractivity contribution < 1.29 is 4.42 Å². The summed E-state index contributed by atoms with van der Waals surface area (Å²) in [4.78, 5) is 0. The van der Waals surface area contributed by atoms with E-state index in [0.29, 0.717) is 11.8 Å². The van der Waals surface area contributed by atoms with E-state index in [2.05, 4.69) is 31.0 Å². The molecule has 3 nitrogen and oxygen atoms in total. The van der Waals surface area contributed by atoms with Crippen LogP contribution < -0.4 is 0 Å². The third kappa shape index (κ3) is 1.60. The molecule has 1 saturated carbocycles. The van der Waals surface area contributed by atoms with Crippen molar-refractivity contribution in [2.45, 2.75) is 45.4 Å². The van der Waals surface area contributed by atoms with E-state index < -0.39 is 0 Å². The number of hydrogen-bond donors (Lipinski definition) is 0. The van der Waals surface area contributed by atoms with E-state index >= 15 is 0 Å². The molecule has 0 bridgehead atoms. The topological polar surface area (TPSA) is 38.9 Å². The molecule has 0 saturated heterocycles. The molecule has 72 valence electrons. The summed E-state index contributed by atoms with van der Waals surface area (Å²) in [5, 5.41) is 8.10. The molecule has 1 aromatic rings. The van der Waals surface area contributed by atoms with Crippen LogP contribution in [0, 0.1) is 5.92 Å². The van der Waals surface area contributed by atoms with Crippen LogP contribution in [-0.2, 0) is 0 Å². The molecule has 0 amide bonds. The van der Waals surface area contributed by atoms with Crippen LogP contribution in [0.4, 0.5) is 0 Å². The van der Waals surface area contributed by atoms with Crippen molar-refractivity contribution in [3.05, 3.63) is 11.8 Å². The zero-order valence-electron chi connectivity index (χ0n) is 8.45. The molecule has 2 rings (SSSR count). The molecular formula is C10H16N2O. The van der Waals surface area contributed by atoms with Gasteiger partial charge in [-0.05, 0) is 18.8 Å². The summed E-state index contributed by atoms with van der Waals surface area (Å²) in [6.45, 7) is 6.40. The molecular weight excluding hydrogens is 164 g/mol. The number of nitrogens with zero attached hydrogens (tertiary/aromatic N) is 2. The van der Waals surface area contributed by atoms with Gasteiger partial charge in [-0.1, -0.05) is 20.8 Å². The minimum atomic E-state index is 0.346. The Labute approximate surface area is 78.5 Å². The molecule has 1 aliphatic rings. The summed E-state index contributed by atoms with van der Waals surface area (Å²) in [7, 11) is 0. The van der Waals surface area contributed by atoms with Gasteiger partial charge in [0, 0.05) is 11.8 Å². The first-order valence-corrected chi connectivity index (χ1v) is 5.00. The first-order chi connectivity index (χ1) is 6.16. The van der Waals surface area contributed by atoms with E-state index in [0.717, 1.165) is 17.7 Å². The van der Waals surface area contributed by atoms with Gasteiger partial charge in [0.1, 0.15) is 0 Å². The van der Waals surface area contributed by atoms with Crippen molar-refractivity contribution in [3.8, 4) is 0 Å². The van der Waals surface area contributed by atoms with Crippen molar-refractivity contribution in [2.24, 2.45) is 5.92 Å². The molecule has 0 spiro atoms. The first kappa shape index (κ1) is 8.73. The Morgan fingerprint density at radius 2 is 2.00 bits per heavy atom. The lowest BCUT2D eigenvalue weighted by Gasteiger charge is -2.29. The highest BCUT2D eigenvalue weighted by Gasteiger charge is 2.31. The molecule has 0 aliphatic heterocycles. The number of hydrogen-bond acceptors (Lipinski definition) is 3. The third-order valence-electron chi connectivity index (χ3n) is 2.67. The van der Waals surface area contributed by atoms with Crippen molar-refractivity contribution in [1.82, 2.24) is 10.2 Å². The van der Waals surface area contributed by atoms with E-state index in [9.17, 15) is 0 Å². The highest BCUT2D eigenvalue weighted by Crippen LogP contribution is 2.40. The Kier molecular flexibility index (Phi) is 2.10. The minimum absolute atomic E-state index is 0.346. The van der Waals surface area contributed by atoms with Gasteiger partial charge in [-0.15, -0.1) is 10.2 Å². The van der Waals surface area contributed by atoms with Crippen LogP contribution in [0.3, 0.4) is 0 Å². The summed E-state index contributed by atoms with van der Waals surface area (Å²) in [6, 6.07) is 0. The third-order valence-corrected chi connectivity index (χ3v) is 2.67. The van der Waals surface area contributed by atoms with Gasteiger partial charge >= 0.3 is 0 Å². The Bertz CT molecular complexity index is 287. The van der Waals surface area contributed by atoms with Gasteiger partial charge in [0.05, 0.1) is 0 Å². The highest BCUT2D eigenvalue weighted by atomic mass is 16.4. The lowest BCUT2D eigenvalue weighted by Crippen LogP contribution is -2.19. The molecule has 13 heavy (non-hydrogen) atoms. The number of rotatable bonds is 2. The fourth-order valence-electron chi connectivity index (χ4n) is 1.75. The molecule has 0 radical (unpaired) electrons. The van der Waals surface area contributed by atoms with Crippen LogP contribution in [0.15, 0.2) is 4.42 Å². The Hall–Kier alpha value is -0.860. The van der Waals surface area contributed by atoms with Crippen molar-refractivity contribution in [2.75, 3.05) is 0 Å². The average molecular weight is 180 g/mol. The van der Waals surface area contributed by atoms with Gasteiger partial charge in [0.2, 0.25) is 11.8 Å². The number of aromatic nitrogens is 2. The Morgan fingerprint density at radius 1 is 1.31 bits per heavy atom. The van der Waals surface area contributed by atoms with Gasteiger partial charge in [-0.3, -0.25) is 0 Å². The molecule has 1 heterocycles. The zero-order valence-corrected chi connectivity index (χ0v) is 8.45. The smallest absolute Gasteiger partial charge is 0.219 e. The van der Waals surface area contributed by atoms with Crippen LogP contribution in [0.1, 0.15) is 57.2 Å². The van der Waals surface area contributed by atoms with Crippen molar-refractivity contribution in [1.29, 1.82) is 0 Å². The zero-order chi connectivity index (χ0) is 9.42. The molecule has 0 aromatic carbocycles. The van der Waals surface area contributed by atoms with Gasteiger partial charge in [0.15, 0.2) is 0 Å². The molecule has 0 unspecified atom stereocenters. The molecule has 3 heteroatoms. The van der Waals surface area contributed by atoms with E-state index in [1.165, 1.54) is 12.8 Å². The van der Waals surface area contributed by atoms with Crippen LogP contribution in [0.5, 0.6) is 0 Å². The second-order valence-electron chi connectivity index (χ2n) is 4.41. The molecule has 0 N–H and O–H groups in total. The van der Waals surface area contributed by atoms with Gasteiger partial charge < -0.3 is 4.42 Å². The minimum Gasteiger partial charge on any atom is -0.425 e. The molecule has 1 aliphatic carbocycles. The Morgan fingerprint density at radius 3 is 2.46 bits per heavy atom. The Balaban J connectivity index is 2.06. The maximum atomic E-state index is 5.58. The van der Waals surface area contributed by atoms with Crippen LogP contribution in [-0.4, -0.2) is 10.2 Å². The van der Waals surface area contributed by atoms with Gasteiger partial charge in [-0.25, -0.2) is 0 Å². The van der Waals surface area contributed by atoms with Crippen molar-refractivity contribution >= 4 is 0 Å². The summed E-state index contributed by atoms with van der Waals surface area (Å²) in [5.74, 6) is 3.34. The van der Waals surface area contributed by atoms with Crippen molar-refractivity contribution in [3.63, 3.8) is 0 Å². The first-order valence-electron chi connectivity index (χ1n) is 5.00. The maximum absolute atomic E-state index is 5.58. The summed E-state index contributed by atoms with van der Waals surface area (Å²) in [5.41, 5.74) is 0. The average Bonchev–Trinajstić information content (AvgIpc) is 2.46. The van der Waals surface area contributed by atoms with Crippen LogP contribution >= 0.6 is 0 Å². The largest absolute Gasteiger partial charge is 0.425 e. The predicted octanol–water partition coefficient (Wildman–Crippen LogP) is 2.71. The highest BCUT2D eigenvalue weighted by molar-refractivity contribution is 4.99. The monoisotopic (exact) mass is 180 g/mol. The van der Waals surface area contributed by atoms with E-state index in [4.69, 9.17) is 4.42 Å². The van der Waals surface area contributed by atoms with E-state index in [1.807, 2.05) is 0 Å². The second kappa shape index (κ2) is 3.13. The van der Waals surface area contributed by atoms with Crippen LogP contribution in [0.25, 0.3) is 0 Å².